The molecule has 0 aliphatic heterocycles. The van der Waals surface area contributed by atoms with Gasteiger partial charge in [-0.05, 0) is 25.0 Å². The van der Waals surface area contributed by atoms with Gasteiger partial charge in [-0.2, -0.15) is 0 Å². The molecule has 1 rings (SSSR count). The second kappa shape index (κ2) is 5.25. The Hall–Kier alpha value is -1.16. The summed E-state index contributed by atoms with van der Waals surface area (Å²) >= 11 is 4.85. The van der Waals surface area contributed by atoms with E-state index in [1.807, 2.05) is 6.92 Å². The molecule has 0 fully saturated rings. The lowest BCUT2D eigenvalue weighted by Gasteiger charge is -2.21. The fourth-order valence-corrected chi connectivity index (χ4v) is 1.51. The Morgan fingerprint density at radius 1 is 1.38 bits per heavy atom. The van der Waals surface area contributed by atoms with E-state index in [-0.39, 0.29) is 16.8 Å². The predicted octanol–water partition coefficient (Wildman–Crippen LogP) is 2.92. The molecule has 0 saturated heterocycles. The van der Waals surface area contributed by atoms with Crippen LogP contribution >= 0.6 is 12.2 Å². The monoisotopic (exact) mass is 240 g/mol. The topological polar surface area (TPSA) is 38.0 Å². The van der Waals surface area contributed by atoms with Gasteiger partial charge in [0.2, 0.25) is 0 Å². The molecule has 0 heterocycles. The van der Waals surface area contributed by atoms with Crippen LogP contribution < -0.4 is 11.1 Å². The molecule has 2 nitrogen and oxygen atoms in total. The summed E-state index contributed by atoms with van der Waals surface area (Å²) in [6.45, 7) is 6.23. The highest BCUT2D eigenvalue weighted by Gasteiger charge is 2.14. The lowest BCUT2D eigenvalue weighted by molar-refractivity contribution is 0.559. The first-order chi connectivity index (χ1) is 7.43. The van der Waals surface area contributed by atoms with E-state index < -0.39 is 0 Å². The minimum Gasteiger partial charge on any atom is -0.389 e. The smallest absolute Gasteiger partial charge is 0.135 e. The number of benzene rings is 1. The van der Waals surface area contributed by atoms with Crippen molar-refractivity contribution in [2.75, 3.05) is 5.32 Å². The lowest BCUT2D eigenvalue weighted by atomic mass is 10.0. The lowest BCUT2D eigenvalue weighted by Crippen LogP contribution is -2.24. The summed E-state index contributed by atoms with van der Waals surface area (Å²) in [5.41, 5.74) is 6.48. The average Bonchev–Trinajstić information content (AvgIpc) is 2.16. The number of thiocarbonyl (C=S) groups is 1. The van der Waals surface area contributed by atoms with Gasteiger partial charge in [-0.25, -0.2) is 4.39 Å². The fraction of sp³-hybridized carbons (Fsp3) is 0.417. The van der Waals surface area contributed by atoms with Crippen LogP contribution in [0.15, 0.2) is 18.2 Å². The van der Waals surface area contributed by atoms with Crippen LogP contribution in [0, 0.1) is 11.7 Å². The van der Waals surface area contributed by atoms with Crippen LogP contribution in [-0.2, 0) is 0 Å². The molecule has 0 radical (unpaired) electrons. The molecule has 88 valence electrons. The van der Waals surface area contributed by atoms with Crippen LogP contribution in [0.5, 0.6) is 0 Å². The van der Waals surface area contributed by atoms with Gasteiger partial charge in [0.1, 0.15) is 10.8 Å². The maximum absolute atomic E-state index is 13.5. The number of rotatable bonds is 4. The molecule has 16 heavy (non-hydrogen) atoms. The molecule has 0 saturated carbocycles. The van der Waals surface area contributed by atoms with Crippen molar-refractivity contribution in [1.82, 2.24) is 0 Å². The normalized spacial score (nSPS) is 12.6. The van der Waals surface area contributed by atoms with Crippen molar-refractivity contribution in [2.45, 2.75) is 26.8 Å². The maximum Gasteiger partial charge on any atom is 0.135 e. The standard InChI is InChI=1S/C12H17FN2S/c1-7(2)8(3)15-10-6-4-5-9(13)11(10)12(14)16/h4-8,15H,1-3H3,(H2,14,16). The van der Waals surface area contributed by atoms with Gasteiger partial charge in [0.25, 0.3) is 0 Å². The van der Waals surface area contributed by atoms with Gasteiger partial charge >= 0.3 is 0 Å². The summed E-state index contributed by atoms with van der Waals surface area (Å²) in [5.74, 6) is 0.0657. The Morgan fingerprint density at radius 2 is 2.00 bits per heavy atom. The highest BCUT2D eigenvalue weighted by molar-refractivity contribution is 7.80. The maximum atomic E-state index is 13.5. The summed E-state index contributed by atoms with van der Waals surface area (Å²) in [4.78, 5) is 0.0801. The van der Waals surface area contributed by atoms with Gasteiger partial charge in [0, 0.05) is 11.7 Å². The summed E-state index contributed by atoms with van der Waals surface area (Å²) in [5, 5.41) is 3.22. The first-order valence-electron chi connectivity index (χ1n) is 5.28. The third-order valence-corrected chi connectivity index (χ3v) is 2.85. The van der Waals surface area contributed by atoms with Crippen LogP contribution in [0.4, 0.5) is 10.1 Å². The minimum atomic E-state index is -0.381. The third kappa shape index (κ3) is 2.92. The molecule has 0 spiro atoms. The van der Waals surface area contributed by atoms with Crippen molar-refractivity contribution in [3.05, 3.63) is 29.6 Å². The Morgan fingerprint density at radius 3 is 2.50 bits per heavy atom. The Bertz CT molecular complexity index is 391. The number of anilines is 1. The van der Waals surface area contributed by atoms with Crippen LogP contribution in [0.2, 0.25) is 0 Å². The van der Waals surface area contributed by atoms with Gasteiger partial charge in [0.05, 0.1) is 5.56 Å². The van der Waals surface area contributed by atoms with Gasteiger partial charge < -0.3 is 11.1 Å². The van der Waals surface area contributed by atoms with E-state index in [0.29, 0.717) is 17.2 Å². The Balaban J connectivity index is 3.04. The largest absolute Gasteiger partial charge is 0.389 e. The van der Waals surface area contributed by atoms with E-state index in [9.17, 15) is 4.39 Å². The van der Waals surface area contributed by atoms with Crippen molar-refractivity contribution in [3.8, 4) is 0 Å². The van der Waals surface area contributed by atoms with Crippen LogP contribution in [0.25, 0.3) is 0 Å². The molecule has 3 N–H and O–H groups in total. The van der Waals surface area contributed by atoms with E-state index >= 15 is 0 Å². The Labute approximate surface area is 101 Å². The number of nitrogens with two attached hydrogens (primary N) is 1. The van der Waals surface area contributed by atoms with E-state index in [4.69, 9.17) is 18.0 Å². The van der Waals surface area contributed by atoms with E-state index in [2.05, 4.69) is 19.2 Å². The molecule has 0 amide bonds. The van der Waals surface area contributed by atoms with Crippen LogP contribution in [0.3, 0.4) is 0 Å². The van der Waals surface area contributed by atoms with Crippen LogP contribution in [-0.4, -0.2) is 11.0 Å². The minimum absolute atomic E-state index is 0.0801. The SMILES string of the molecule is CC(C)C(C)Nc1cccc(F)c1C(N)=S. The zero-order chi connectivity index (χ0) is 12.3. The van der Waals surface area contributed by atoms with Crippen molar-refractivity contribution >= 4 is 22.9 Å². The molecule has 1 unspecified atom stereocenters. The van der Waals surface area contributed by atoms with E-state index in [0.717, 1.165) is 0 Å². The molecule has 0 bridgehead atoms. The number of hydrogen-bond donors (Lipinski definition) is 2. The van der Waals surface area contributed by atoms with Crippen molar-refractivity contribution in [1.29, 1.82) is 0 Å². The molecular weight excluding hydrogens is 223 g/mol. The third-order valence-electron chi connectivity index (χ3n) is 2.64. The fourth-order valence-electron chi connectivity index (χ4n) is 1.31. The second-order valence-electron chi connectivity index (χ2n) is 4.20. The first-order valence-corrected chi connectivity index (χ1v) is 5.69. The number of halogens is 1. The molecular formula is C12H17FN2S. The summed E-state index contributed by atoms with van der Waals surface area (Å²) in [6.07, 6.45) is 0. The summed E-state index contributed by atoms with van der Waals surface area (Å²) in [7, 11) is 0. The van der Waals surface area contributed by atoms with E-state index in [1.54, 1.807) is 12.1 Å². The predicted molar refractivity (Wildman–Crippen MR) is 70.2 cm³/mol. The quantitative estimate of drug-likeness (QED) is 0.795. The second-order valence-corrected chi connectivity index (χ2v) is 4.64. The Kier molecular flexibility index (Phi) is 4.24. The van der Waals surface area contributed by atoms with Crippen molar-refractivity contribution in [2.24, 2.45) is 11.7 Å². The summed E-state index contributed by atoms with van der Waals surface area (Å²) < 4.78 is 13.5. The average molecular weight is 240 g/mol. The van der Waals surface area contributed by atoms with E-state index in [1.165, 1.54) is 6.07 Å². The molecule has 1 aromatic rings. The highest BCUT2D eigenvalue weighted by Crippen LogP contribution is 2.21. The number of nitrogens with one attached hydrogen (secondary N) is 1. The van der Waals surface area contributed by atoms with Gasteiger partial charge in [-0.1, -0.05) is 32.1 Å². The van der Waals surface area contributed by atoms with Crippen molar-refractivity contribution < 1.29 is 4.39 Å². The molecule has 1 atom stereocenters. The molecule has 0 aliphatic rings. The molecule has 4 heteroatoms. The van der Waals surface area contributed by atoms with Crippen LogP contribution in [0.1, 0.15) is 26.3 Å². The molecule has 0 aromatic heterocycles. The number of hydrogen-bond acceptors (Lipinski definition) is 2. The van der Waals surface area contributed by atoms with Gasteiger partial charge in [-0.15, -0.1) is 0 Å². The zero-order valence-corrected chi connectivity index (χ0v) is 10.6. The highest BCUT2D eigenvalue weighted by atomic mass is 32.1. The first kappa shape index (κ1) is 12.9. The van der Waals surface area contributed by atoms with Gasteiger partial charge in [0.15, 0.2) is 0 Å². The summed E-state index contributed by atoms with van der Waals surface area (Å²) in [6, 6.07) is 5.03. The van der Waals surface area contributed by atoms with Gasteiger partial charge in [-0.3, -0.25) is 0 Å². The van der Waals surface area contributed by atoms with Crippen molar-refractivity contribution in [3.63, 3.8) is 0 Å². The molecule has 0 aliphatic carbocycles. The molecule has 1 aromatic carbocycles. The zero-order valence-electron chi connectivity index (χ0n) is 9.75.